The standard InChI is InChI=1S/C19H11ClFN3O4/c1-9-16(22-8-28-9)17(25)23-10-5-6-14(12(20)7-10)24-18(26)11-3-2-4-13(21)15(11)19(24)27/h2-8H,1H3,(H,23,25). The Morgan fingerprint density at radius 2 is 2.00 bits per heavy atom. The molecule has 0 aliphatic carbocycles. The molecule has 0 spiro atoms. The zero-order valence-corrected chi connectivity index (χ0v) is 15.1. The van der Waals surface area contributed by atoms with Crippen molar-refractivity contribution in [2.75, 3.05) is 10.2 Å². The Bertz CT molecular complexity index is 1160. The van der Waals surface area contributed by atoms with E-state index >= 15 is 0 Å². The van der Waals surface area contributed by atoms with E-state index in [2.05, 4.69) is 10.3 Å². The fourth-order valence-corrected chi connectivity index (χ4v) is 3.21. The molecule has 3 aromatic rings. The summed E-state index contributed by atoms with van der Waals surface area (Å²) in [5, 5.41) is 2.63. The zero-order valence-electron chi connectivity index (χ0n) is 14.3. The lowest BCUT2D eigenvalue weighted by Crippen LogP contribution is -2.29. The van der Waals surface area contributed by atoms with Gasteiger partial charge >= 0.3 is 0 Å². The van der Waals surface area contributed by atoms with Gasteiger partial charge in [0.25, 0.3) is 17.7 Å². The summed E-state index contributed by atoms with van der Waals surface area (Å²) in [7, 11) is 0. The largest absolute Gasteiger partial charge is 0.448 e. The molecule has 1 aliphatic heterocycles. The van der Waals surface area contributed by atoms with Gasteiger partial charge in [-0.05, 0) is 37.3 Å². The second kappa shape index (κ2) is 6.58. The first-order valence-corrected chi connectivity index (χ1v) is 8.44. The monoisotopic (exact) mass is 399 g/mol. The number of amides is 3. The van der Waals surface area contributed by atoms with E-state index in [1.807, 2.05) is 0 Å². The summed E-state index contributed by atoms with van der Waals surface area (Å²) in [6, 6.07) is 8.09. The number of aromatic nitrogens is 1. The number of nitrogens with zero attached hydrogens (tertiary/aromatic N) is 2. The molecular weight excluding hydrogens is 389 g/mol. The van der Waals surface area contributed by atoms with Crippen LogP contribution in [0.5, 0.6) is 0 Å². The number of anilines is 2. The maximum atomic E-state index is 14.0. The first-order chi connectivity index (χ1) is 13.4. The molecule has 0 unspecified atom stereocenters. The minimum Gasteiger partial charge on any atom is -0.448 e. The highest BCUT2D eigenvalue weighted by atomic mass is 35.5. The third kappa shape index (κ3) is 2.74. The molecule has 0 saturated carbocycles. The van der Waals surface area contributed by atoms with Crippen molar-refractivity contribution in [2.45, 2.75) is 6.92 Å². The molecular formula is C19H11ClFN3O4. The quantitative estimate of drug-likeness (QED) is 0.676. The van der Waals surface area contributed by atoms with Crippen molar-refractivity contribution in [3.63, 3.8) is 0 Å². The Balaban J connectivity index is 1.63. The average Bonchev–Trinajstić information content (AvgIpc) is 3.18. The number of aryl methyl sites for hydroxylation is 1. The van der Waals surface area contributed by atoms with Crippen LogP contribution in [0, 0.1) is 12.7 Å². The van der Waals surface area contributed by atoms with E-state index in [9.17, 15) is 18.8 Å². The van der Waals surface area contributed by atoms with Gasteiger partial charge in [-0.3, -0.25) is 14.4 Å². The topological polar surface area (TPSA) is 92.5 Å². The van der Waals surface area contributed by atoms with Gasteiger partial charge in [0, 0.05) is 5.69 Å². The van der Waals surface area contributed by atoms with Gasteiger partial charge in [-0.15, -0.1) is 0 Å². The third-order valence-corrected chi connectivity index (χ3v) is 4.57. The molecule has 2 aromatic carbocycles. The summed E-state index contributed by atoms with van der Waals surface area (Å²) >= 11 is 6.24. The second-order valence-corrected chi connectivity index (χ2v) is 6.39. The van der Waals surface area contributed by atoms with Crippen LogP contribution in [0.3, 0.4) is 0 Å². The van der Waals surface area contributed by atoms with Crippen molar-refractivity contribution in [3.05, 3.63) is 76.2 Å². The first-order valence-electron chi connectivity index (χ1n) is 8.06. The van der Waals surface area contributed by atoms with E-state index in [0.29, 0.717) is 11.4 Å². The Morgan fingerprint density at radius 3 is 2.64 bits per heavy atom. The molecule has 28 heavy (non-hydrogen) atoms. The number of imide groups is 1. The highest BCUT2D eigenvalue weighted by molar-refractivity contribution is 6.40. The van der Waals surface area contributed by atoms with Gasteiger partial charge in [-0.25, -0.2) is 14.3 Å². The number of oxazole rings is 1. The molecule has 0 saturated heterocycles. The fourth-order valence-electron chi connectivity index (χ4n) is 2.94. The Labute approximate surface area is 162 Å². The van der Waals surface area contributed by atoms with Crippen molar-refractivity contribution in [3.8, 4) is 0 Å². The maximum absolute atomic E-state index is 14.0. The lowest BCUT2D eigenvalue weighted by atomic mass is 10.1. The van der Waals surface area contributed by atoms with Crippen molar-refractivity contribution < 1.29 is 23.2 Å². The molecule has 0 fully saturated rings. The van der Waals surface area contributed by atoms with E-state index in [1.54, 1.807) is 6.92 Å². The Hall–Kier alpha value is -3.52. The minimum absolute atomic E-state index is 0.0278. The van der Waals surface area contributed by atoms with Crippen molar-refractivity contribution in [2.24, 2.45) is 0 Å². The predicted molar refractivity (Wildman–Crippen MR) is 98.2 cm³/mol. The lowest BCUT2D eigenvalue weighted by molar-refractivity contribution is 0.0923. The SMILES string of the molecule is Cc1ocnc1C(=O)Nc1ccc(N2C(=O)c3cccc(F)c3C2=O)c(Cl)c1. The van der Waals surface area contributed by atoms with Gasteiger partial charge < -0.3 is 9.73 Å². The van der Waals surface area contributed by atoms with Gasteiger partial charge in [-0.2, -0.15) is 0 Å². The van der Waals surface area contributed by atoms with Crippen molar-refractivity contribution in [1.82, 2.24) is 4.98 Å². The molecule has 1 aromatic heterocycles. The lowest BCUT2D eigenvalue weighted by Gasteiger charge is -2.16. The van der Waals surface area contributed by atoms with E-state index in [-0.39, 0.29) is 27.5 Å². The molecule has 2 heterocycles. The summed E-state index contributed by atoms with van der Waals surface area (Å²) in [4.78, 5) is 41.9. The van der Waals surface area contributed by atoms with E-state index in [1.165, 1.54) is 30.3 Å². The number of nitrogens with one attached hydrogen (secondary N) is 1. The van der Waals surface area contributed by atoms with E-state index < -0.39 is 23.5 Å². The first kappa shape index (κ1) is 17.9. The number of benzene rings is 2. The van der Waals surface area contributed by atoms with Crippen LogP contribution in [-0.2, 0) is 0 Å². The highest BCUT2D eigenvalue weighted by Gasteiger charge is 2.39. The van der Waals surface area contributed by atoms with Gasteiger partial charge in [0.15, 0.2) is 12.1 Å². The molecule has 4 rings (SSSR count). The molecule has 0 atom stereocenters. The Kier molecular flexibility index (Phi) is 4.20. The summed E-state index contributed by atoms with van der Waals surface area (Å²) in [6.45, 7) is 1.60. The number of carbonyl (C=O) groups excluding carboxylic acids is 3. The molecule has 0 bridgehead atoms. The average molecular weight is 400 g/mol. The summed E-state index contributed by atoms with van der Waals surface area (Å²) in [5.74, 6) is -2.39. The van der Waals surface area contributed by atoms with E-state index in [0.717, 1.165) is 17.4 Å². The third-order valence-electron chi connectivity index (χ3n) is 4.27. The van der Waals surface area contributed by atoms with Gasteiger partial charge in [0.2, 0.25) is 0 Å². The summed E-state index contributed by atoms with van der Waals surface area (Å²) in [5.41, 5.74) is 0.213. The predicted octanol–water partition coefficient (Wildman–Crippen LogP) is 3.83. The van der Waals surface area contributed by atoms with Crippen LogP contribution in [0.25, 0.3) is 0 Å². The summed E-state index contributed by atoms with van der Waals surface area (Å²) < 4.78 is 19.0. The van der Waals surface area contributed by atoms with Crippen LogP contribution in [0.4, 0.5) is 15.8 Å². The van der Waals surface area contributed by atoms with Crippen LogP contribution in [0.2, 0.25) is 5.02 Å². The molecule has 9 heteroatoms. The number of hydrogen-bond acceptors (Lipinski definition) is 5. The zero-order chi connectivity index (χ0) is 20.0. The number of fused-ring (bicyclic) bond motifs is 1. The molecule has 140 valence electrons. The van der Waals surface area contributed by atoms with Crippen LogP contribution < -0.4 is 10.2 Å². The normalized spacial score (nSPS) is 13.0. The van der Waals surface area contributed by atoms with Crippen LogP contribution in [0.15, 0.2) is 47.2 Å². The highest BCUT2D eigenvalue weighted by Crippen LogP contribution is 2.35. The molecule has 3 amide bonds. The molecule has 7 nitrogen and oxygen atoms in total. The molecule has 1 N–H and O–H groups in total. The second-order valence-electron chi connectivity index (χ2n) is 5.99. The van der Waals surface area contributed by atoms with Crippen molar-refractivity contribution >= 4 is 40.7 Å². The number of rotatable bonds is 3. The maximum Gasteiger partial charge on any atom is 0.277 e. The Morgan fingerprint density at radius 1 is 1.21 bits per heavy atom. The van der Waals surface area contributed by atoms with Crippen LogP contribution in [0.1, 0.15) is 37.0 Å². The van der Waals surface area contributed by atoms with Gasteiger partial charge in [-0.1, -0.05) is 17.7 Å². The molecule has 0 radical (unpaired) electrons. The molecule has 1 aliphatic rings. The number of hydrogen-bond donors (Lipinski definition) is 1. The van der Waals surface area contributed by atoms with Gasteiger partial charge in [0.1, 0.15) is 11.6 Å². The number of halogens is 2. The van der Waals surface area contributed by atoms with Crippen LogP contribution in [-0.4, -0.2) is 22.7 Å². The number of carbonyl (C=O) groups is 3. The summed E-state index contributed by atoms with van der Waals surface area (Å²) in [6.07, 6.45) is 1.15. The van der Waals surface area contributed by atoms with E-state index in [4.69, 9.17) is 16.0 Å². The fraction of sp³-hybridized carbons (Fsp3) is 0.0526. The minimum atomic E-state index is -0.796. The smallest absolute Gasteiger partial charge is 0.277 e. The van der Waals surface area contributed by atoms with Gasteiger partial charge in [0.05, 0.1) is 21.8 Å². The van der Waals surface area contributed by atoms with Crippen molar-refractivity contribution in [1.29, 1.82) is 0 Å². The van der Waals surface area contributed by atoms with Crippen LogP contribution >= 0.6 is 11.6 Å².